The van der Waals surface area contributed by atoms with Gasteiger partial charge in [0.2, 0.25) is 0 Å². The topological polar surface area (TPSA) is 81.8 Å². The molecule has 130 valence electrons. The maximum atomic E-state index is 12.2. The van der Waals surface area contributed by atoms with E-state index in [0.717, 1.165) is 21.2 Å². The van der Waals surface area contributed by atoms with Crippen LogP contribution in [0.25, 0.3) is 5.57 Å². The first-order valence-corrected chi connectivity index (χ1v) is 8.82. The van der Waals surface area contributed by atoms with Gasteiger partial charge in [0.1, 0.15) is 5.92 Å². The number of nitro groups is 1. The number of fused-ring (bicyclic) bond motifs is 1. The van der Waals surface area contributed by atoms with Crippen LogP contribution in [0.4, 0.5) is 5.69 Å². The molecule has 0 saturated heterocycles. The number of hydrogen-bond acceptors (Lipinski definition) is 5. The molecule has 0 radical (unpaired) electrons. The maximum Gasteiger partial charge on any atom is 0.344 e. The lowest BCUT2D eigenvalue weighted by Gasteiger charge is -2.27. The van der Waals surface area contributed by atoms with Gasteiger partial charge in [0.05, 0.1) is 10.6 Å². The molecule has 0 saturated carbocycles. The van der Waals surface area contributed by atoms with Gasteiger partial charge in [-0.2, -0.15) is 0 Å². The molecule has 0 amide bonds. The molecule has 0 spiro atoms. The lowest BCUT2D eigenvalue weighted by atomic mass is 9.73. The number of allylic oxidation sites excluding steroid dienone is 2. The number of carbonyl (C=O) groups is 1. The summed E-state index contributed by atoms with van der Waals surface area (Å²) in [6, 6.07) is 14.3. The molecule has 4 rings (SSSR count). The Hall–Kier alpha value is -2.80. The van der Waals surface area contributed by atoms with Gasteiger partial charge in [-0.15, -0.1) is 0 Å². The fourth-order valence-electron chi connectivity index (χ4n) is 3.46. The monoisotopic (exact) mass is 412 g/mol. The molecule has 2 atom stereocenters. The number of hydrogen-bond donors (Lipinski definition) is 0. The summed E-state index contributed by atoms with van der Waals surface area (Å²) in [4.78, 5) is 27.8. The first-order valence-electron chi connectivity index (χ1n) is 8.02. The fourth-order valence-corrected chi connectivity index (χ4v) is 3.72. The highest BCUT2D eigenvalue weighted by molar-refractivity contribution is 9.10. The van der Waals surface area contributed by atoms with E-state index < -0.39 is 16.8 Å². The van der Waals surface area contributed by atoms with Gasteiger partial charge in [-0.05, 0) is 41.3 Å². The number of carbonyl (C=O) groups excluding carboxylic acids is 1. The molecule has 0 fully saturated rings. The van der Waals surface area contributed by atoms with Gasteiger partial charge >= 0.3 is 5.97 Å². The van der Waals surface area contributed by atoms with Crippen LogP contribution in [-0.2, 0) is 9.63 Å². The van der Waals surface area contributed by atoms with Crippen LogP contribution in [0.1, 0.15) is 23.5 Å². The van der Waals surface area contributed by atoms with E-state index in [1.54, 1.807) is 6.07 Å². The quantitative estimate of drug-likeness (QED) is 0.423. The van der Waals surface area contributed by atoms with Crippen molar-refractivity contribution in [3.63, 3.8) is 0 Å². The van der Waals surface area contributed by atoms with E-state index in [9.17, 15) is 14.9 Å². The SMILES string of the molecule is O=C1ON=C2C=C(c3ccc(Br)cc3)CC(c3cccc([N+](=O)[O-])c3)C12. The van der Waals surface area contributed by atoms with Crippen LogP contribution in [-0.4, -0.2) is 16.6 Å². The maximum absolute atomic E-state index is 12.2. The second-order valence-electron chi connectivity index (χ2n) is 6.24. The van der Waals surface area contributed by atoms with Crippen molar-refractivity contribution in [3.8, 4) is 0 Å². The zero-order chi connectivity index (χ0) is 18.3. The standard InChI is InChI=1S/C19H13BrN2O4/c20-14-6-4-11(5-7-14)13-9-16(18-17(10-13)21-26-19(18)23)12-2-1-3-15(8-12)22(24)25/h1-8,10,16,18H,9H2. The zero-order valence-electron chi connectivity index (χ0n) is 13.5. The number of rotatable bonds is 3. The smallest absolute Gasteiger partial charge is 0.317 e. The molecule has 0 bridgehead atoms. The van der Waals surface area contributed by atoms with Crippen molar-refractivity contribution in [2.75, 3.05) is 0 Å². The number of oxime groups is 1. The Balaban J connectivity index is 1.77. The highest BCUT2D eigenvalue weighted by Gasteiger charge is 2.42. The van der Waals surface area contributed by atoms with Crippen molar-refractivity contribution in [2.24, 2.45) is 11.1 Å². The minimum atomic E-state index is -0.531. The lowest BCUT2D eigenvalue weighted by Crippen LogP contribution is -2.28. The summed E-state index contributed by atoms with van der Waals surface area (Å²) in [7, 11) is 0. The summed E-state index contributed by atoms with van der Waals surface area (Å²) in [5.74, 6) is -1.20. The Labute approximate surface area is 157 Å². The summed E-state index contributed by atoms with van der Waals surface area (Å²) in [5, 5.41) is 15.0. The first kappa shape index (κ1) is 16.7. The molecule has 2 aromatic rings. The second-order valence-corrected chi connectivity index (χ2v) is 7.16. The van der Waals surface area contributed by atoms with E-state index in [2.05, 4.69) is 21.1 Å². The van der Waals surface area contributed by atoms with Crippen LogP contribution in [0.5, 0.6) is 0 Å². The molecule has 6 nitrogen and oxygen atoms in total. The predicted molar refractivity (Wildman–Crippen MR) is 99.6 cm³/mol. The minimum absolute atomic E-state index is 0.00657. The van der Waals surface area contributed by atoms with E-state index in [-0.39, 0.29) is 11.6 Å². The van der Waals surface area contributed by atoms with E-state index in [4.69, 9.17) is 4.84 Å². The molecule has 26 heavy (non-hydrogen) atoms. The Bertz CT molecular complexity index is 966. The number of nitro benzene ring substituents is 1. The van der Waals surface area contributed by atoms with Crippen LogP contribution >= 0.6 is 15.9 Å². The summed E-state index contributed by atoms with van der Waals surface area (Å²) in [5.41, 5.74) is 3.34. The Morgan fingerprint density at radius 2 is 1.96 bits per heavy atom. The van der Waals surface area contributed by atoms with Crippen molar-refractivity contribution in [1.82, 2.24) is 0 Å². The van der Waals surface area contributed by atoms with Gasteiger partial charge < -0.3 is 4.84 Å². The fraction of sp³-hybridized carbons (Fsp3) is 0.158. The first-order chi connectivity index (χ1) is 12.5. The number of halogens is 1. The molecule has 2 unspecified atom stereocenters. The summed E-state index contributed by atoms with van der Waals surface area (Å²) < 4.78 is 0.975. The average molecular weight is 413 g/mol. The van der Waals surface area contributed by atoms with Gasteiger partial charge in [-0.25, -0.2) is 4.79 Å². The molecule has 2 aromatic carbocycles. The van der Waals surface area contributed by atoms with Crippen LogP contribution in [0.3, 0.4) is 0 Å². The molecule has 7 heteroatoms. The van der Waals surface area contributed by atoms with Gasteiger partial charge in [0, 0.05) is 22.5 Å². The van der Waals surface area contributed by atoms with Crippen molar-refractivity contribution < 1.29 is 14.6 Å². The number of benzene rings is 2. The third-order valence-electron chi connectivity index (χ3n) is 4.70. The number of nitrogens with zero attached hydrogens (tertiary/aromatic N) is 2. The molecular formula is C19H13BrN2O4. The van der Waals surface area contributed by atoms with Crippen LogP contribution in [0, 0.1) is 16.0 Å². The zero-order valence-corrected chi connectivity index (χ0v) is 15.0. The van der Waals surface area contributed by atoms with E-state index in [1.165, 1.54) is 12.1 Å². The van der Waals surface area contributed by atoms with Crippen LogP contribution < -0.4 is 0 Å². The molecule has 0 N–H and O–H groups in total. The van der Waals surface area contributed by atoms with Crippen molar-refractivity contribution in [2.45, 2.75) is 12.3 Å². The molecule has 0 aromatic heterocycles. The Morgan fingerprint density at radius 3 is 2.69 bits per heavy atom. The predicted octanol–water partition coefficient (Wildman–Crippen LogP) is 4.46. The summed E-state index contributed by atoms with van der Waals surface area (Å²) in [6.07, 6.45) is 2.45. The van der Waals surface area contributed by atoms with E-state index in [0.29, 0.717) is 12.1 Å². The lowest BCUT2D eigenvalue weighted by molar-refractivity contribution is -0.384. The Kier molecular flexibility index (Phi) is 4.16. The Morgan fingerprint density at radius 1 is 1.19 bits per heavy atom. The largest absolute Gasteiger partial charge is 0.344 e. The summed E-state index contributed by atoms with van der Waals surface area (Å²) >= 11 is 3.42. The molecule has 1 aliphatic heterocycles. The highest BCUT2D eigenvalue weighted by Crippen LogP contribution is 2.43. The van der Waals surface area contributed by atoms with E-state index >= 15 is 0 Å². The number of non-ortho nitro benzene ring substituents is 1. The van der Waals surface area contributed by atoms with E-state index in [1.807, 2.05) is 36.4 Å². The van der Waals surface area contributed by atoms with Crippen molar-refractivity contribution >= 4 is 38.9 Å². The highest BCUT2D eigenvalue weighted by atomic mass is 79.9. The van der Waals surface area contributed by atoms with Gasteiger partial charge in [0.15, 0.2) is 0 Å². The van der Waals surface area contributed by atoms with Crippen LogP contribution in [0.2, 0.25) is 0 Å². The molecular weight excluding hydrogens is 400 g/mol. The minimum Gasteiger partial charge on any atom is -0.317 e. The third kappa shape index (κ3) is 2.94. The molecule has 1 heterocycles. The molecule has 1 aliphatic carbocycles. The third-order valence-corrected chi connectivity index (χ3v) is 5.23. The average Bonchev–Trinajstić information content (AvgIpc) is 3.03. The van der Waals surface area contributed by atoms with Crippen molar-refractivity contribution in [1.29, 1.82) is 0 Å². The second kappa shape index (κ2) is 6.49. The normalized spacial score (nSPS) is 21.5. The van der Waals surface area contributed by atoms with Crippen molar-refractivity contribution in [3.05, 3.63) is 80.3 Å². The molecule has 2 aliphatic rings. The van der Waals surface area contributed by atoms with Gasteiger partial charge in [-0.1, -0.05) is 45.4 Å². The van der Waals surface area contributed by atoms with Gasteiger partial charge in [0.25, 0.3) is 5.69 Å². The van der Waals surface area contributed by atoms with Crippen LogP contribution in [0.15, 0.2) is 64.2 Å². The van der Waals surface area contributed by atoms with Gasteiger partial charge in [-0.3, -0.25) is 10.1 Å². The summed E-state index contributed by atoms with van der Waals surface area (Å²) in [6.45, 7) is 0.